The maximum absolute atomic E-state index is 10.5. The lowest BCUT2D eigenvalue weighted by Gasteiger charge is -2.26. The molecule has 0 aliphatic carbocycles. The average Bonchev–Trinajstić information content (AvgIpc) is 1.64. The lowest BCUT2D eigenvalue weighted by atomic mass is 9.78. The molecule has 23 nitrogen and oxygen atoms in total. The Morgan fingerprint density at radius 2 is 0.429 bits per heavy atom. The van der Waals surface area contributed by atoms with E-state index in [-0.39, 0.29) is 42.4 Å². The Hall–Kier alpha value is -10.3. The second-order valence-electron chi connectivity index (χ2n) is 36.6. The molecule has 140 heavy (non-hydrogen) atoms. The molecule has 0 aromatic heterocycles. The highest BCUT2D eigenvalue weighted by Crippen LogP contribution is 2.36. The number of hydrogen-bond donors (Lipinski definition) is 1. The number of rotatable bonds is 41. The Kier molecular flexibility index (Phi) is 52.0. The van der Waals surface area contributed by atoms with Gasteiger partial charge in [0.2, 0.25) is 0 Å². The summed E-state index contributed by atoms with van der Waals surface area (Å²) in [5.41, 5.74) is 8.01. The molecule has 23 heteroatoms. The van der Waals surface area contributed by atoms with E-state index in [0.29, 0.717) is 133 Å². The molecule has 10 fully saturated rings. The van der Waals surface area contributed by atoms with Crippen LogP contribution >= 0.6 is 0 Å². The van der Waals surface area contributed by atoms with E-state index in [4.69, 9.17) is 104 Å². The molecule has 764 valence electrons. The van der Waals surface area contributed by atoms with Crippen LogP contribution < -0.4 is 47.4 Å². The number of hydrogen-bond acceptors (Lipinski definition) is 23. The maximum Gasteiger partial charge on any atom is 0.122 e. The molecule has 11 atom stereocenters. The van der Waals surface area contributed by atoms with Crippen LogP contribution in [-0.4, -0.2) is 230 Å². The van der Waals surface area contributed by atoms with Crippen LogP contribution in [0.25, 0.3) is 0 Å². The minimum Gasteiger partial charge on any atom is -0.491 e. The monoisotopic (exact) mass is 1930 g/mol. The predicted octanol–water partition coefficient (Wildman–Crippen LogP) is 22.3. The van der Waals surface area contributed by atoms with E-state index < -0.39 is 6.10 Å². The molecule has 0 spiro atoms. The first-order chi connectivity index (χ1) is 68.0. The Labute approximate surface area is 834 Å². The van der Waals surface area contributed by atoms with Crippen LogP contribution in [0.5, 0.6) is 57.5 Å². The molecular formula is C117H158O23. The zero-order valence-electron chi connectivity index (χ0n) is 85.8. The van der Waals surface area contributed by atoms with Crippen molar-refractivity contribution in [3.63, 3.8) is 0 Å². The summed E-state index contributed by atoms with van der Waals surface area (Å²) < 4.78 is 117. The summed E-state index contributed by atoms with van der Waals surface area (Å²) in [6, 6.07) is 86.1. The molecule has 10 aromatic rings. The van der Waals surface area contributed by atoms with Gasteiger partial charge in [-0.15, -0.1) is 0 Å². The molecule has 0 saturated carbocycles. The molecule has 10 saturated heterocycles. The molecule has 10 aliphatic rings. The van der Waals surface area contributed by atoms with Crippen LogP contribution in [0.1, 0.15) is 155 Å². The SMILES string of the molecule is CC(C)(c1ccc(OCC(O)COc2ccc(C(C)(C)c3ccc(OCC4CO4)cc3)cc2)cc1)c1ccc(OCC2CO2)cc1.CC(COCC1CO1)OCC1CO1.CCC.CCC.CCC.CCC.Cc1cccc(OCC2CO2)c1.Cc1cccc(OCC2CO2)c1.Cc1cccc(OCC2CO2)c1.c1ccc(OCC2CO2)cc1.c1ccc(OCC2CO2)cc1.c1ccc(OCC2CO2)cc1. The summed E-state index contributed by atoms with van der Waals surface area (Å²) in [4.78, 5) is 0. The molecule has 1 N–H and O–H groups in total. The third-order valence-corrected chi connectivity index (χ3v) is 21.1. The second-order valence-corrected chi connectivity index (χ2v) is 36.6. The van der Waals surface area contributed by atoms with Gasteiger partial charge in [-0.1, -0.05) is 248 Å². The van der Waals surface area contributed by atoms with Crippen molar-refractivity contribution in [2.45, 2.75) is 221 Å². The standard InChI is InChI=1S/C39H44O7.3C10H12O2.C9H16O4.3C9H10O2.4C3H8/c1-38(2,29-9-17-34(18-10-29)43-23-36-25-45-36)27-5-13-32(14-6-27)41-21-31(40)22-42-33-15-7-28(8-16-33)39(3,4)30-11-19-35(20-12-30)44-24-37-26-46-37;3*1-8-3-2-4-9(5-8)11-6-10-7-12-10;1-7(11-4-9-6-13-9)2-10-3-8-5-12-8;3*1-2-4-8(5-3-1)10-6-9-7-11-9;4*1-3-2/h5-20,31,36-37,40H,21-26H2,1-4H3;3*2-5,10H,6-7H2,1H3;7-9H,2-6H2,1H3;3*1-5,9H,6-7H2;4*3H2,1-2H3. The molecule has 10 aliphatic heterocycles. The summed E-state index contributed by atoms with van der Waals surface area (Å²) in [6.45, 7) is 50.0. The lowest BCUT2D eigenvalue weighted by molar-refractivity contribution is -0.0146. The highest BCUT2D eigenvalue weighted by atomic mass is 16.6. The molecule has 0 amide bonds. The Bertz CT molecular complexity index is 4430. The summed E-state index contributed by atoms with van der Waals surface area (Å²) in [6.07, 6.45) is 7.60. The van der Waals surface area contributed by atoms with E-state index in [1.165, 1.54) is 64.6 Å². The molecule has 10 aromatic carbocycles. The van der Waals surface area contributed by atoms with Gasteiger partial charge in [-0.2, -0.15) is 0 Å². The van der Waals surface area contributed by atoms with Crippen molar-refractivity contribution in [1.29, 1.82) is 0 Å². The summed E-state index contributed by atoms with van der Waals surface area (Å²) in [5.74, 6) is 8.67. The fraction of sp³-hybridized carbons (Fsp3) is 0.487. The van der Waals surface area contributed by atoms with Gasteiger partial charge in [0, 0.05) is 10.8 Å². The van der Waals surface area contributed by atoms with Crippen molar-refractivity contribution in [3.8, 4) is 57.5 Å². The smallest absolute Gasteiger partial charge is 0.122 e. The normalized spacial score (nSPS) is 19.8. The van der Waals surface area contributed by atoms with Crippen LogP contribution in [0, 0.1) is 20.8 Å². The Balaban J connectivity index is 0.000000192. The number of para-hydroxylation sites is 3. The zero-order chi connectivity index (χ0) is 99.8. The van der Waals surface area contributed by atoms with Crippen LogP contribution in [0.3, 0.4) is 0 Å². The van der Waals surface area contributed by atoms with Crippen molar-refractivity contribution < 1.29 is 109 Å². The fourth-order valence-electron chi connectivity index (χ4n) is 12.1. The quantitative estimate of drug-likeness (QED) is 0.0349. The number of ether oxygens (including phenoxy) is 22. The molecule has 0 radical (unpaired) electrons. The minimum absolute atomic E-state index is 0.134. The lowest BCUT2D eigenvalue weighted by Crippen LogP contribution is -2.25. The van der Waals surface area contributed by atoms with Crippen molar-refractivity contribution in [2.75, 3.05) is 152 Å². The largest absolute Gasteiger partial charge is 0.491 e. The van der Waals surface area contributed by atoms with E-state index in [0.717, 1.165) is 112 Å². The second kappa shape index (κ2) is 64.3. The predicted molar refractivity (Wildman–Crippen MR) is 551 cm³/mol. The fourth-order valence-corrected chi connectivity index (χ4v) is 12.1. The number of benzene rings is 10. The number of aliphatic hydroxyl groups excluding tert-OH is 1. The van der Waals surface area contributed by atoms with E-state index >= 15 is 0 Å². The van der Waals surface area contributed by atoms with Crippen LogP contribution in [-0.2, 0) is 67.7 Å². The summed E-state index contributed by atoms with van der Waals surface area (Å²) >= 11 is 0. The molecule has 10 heterocycles. The van der Waals surface area contributed by atoms with Gasteiger partial charge in [0.15, 0.2) is 0 Å². The van der Waals surface area contributed by atoms with Gasteiger partial charge in [0.25, 0.3) is 0 Å². The van der Waals surface area contributed by atoms with Gasteiger partial charge in [0.05, 0.1) is 92.0 Å². The van der Waals surface area contributed by atoms with Gasteiger partial charge in [-0.05, 0) is 188 Å². The van der Waals surface area contributed by atoms with Gasteiger partial charge in [-0.3, -0.25) is 0 Å². The number of epoxide rings is 10. The Morgan fingerprint density at radius 3 is 0.643 bits per heavy atom. The van der Waals surface area contributed by atoms with Gasteiger partial charge >= 0.3 is 0 Å². The van der Waals surface area contributed by atoms with Gasteiger partial charge < -0.3 is 109 Å². The van der Waals surface area contributed by atoms with Crippen LogP contribution in [0.4, 0.5) is 0 Å². The molecule has 20 rings (SSSR count). The van der Waals surface area contributed by atoms with Crippen molar-refractivity contribution >= 4 is 0 Å². The molecule has 0 bridgehead atoms. The van der Waals surface area contributed by atoms with Gasteiger partial charge in [-0.25, -0.2) is 0 Å². The number of aryl methyl sites for hydroxylation is 3. The molecule has 11 unspecified atom stereocenters. The van der Waals surface area contributed by atoms with Crippen molar-refractivity contribution in [3.05, 3.63) is 300 Å². The first-order valence-electron chi connectivity index (χ1n) is 50.1. The topological polar surface area (TPSA) is 256 Å². The zero-order valence-corrected chi connectivity index (χ0v) is 85.8. The maximum atomic E-state index is 10.5. The highest BCUT2D eigenvalue weighted by Gasteiger charge is 2.31. The Morgan fingerprint density at radius 1 is 0.243 bits per heavy atom. The third kappa shape index (κ3) is 51.9. The van der Waals surface area contributed by atoms with Crippen molar-refractivity contribution in [1.82, 2.24) is 0 Å². The highest BCUT2D eigenvalue weighted by molar-refractivity contribution is 5.44. The van der Waals surface area contributed by atoms with Gasteiger partial charge in [0.1, 0.15) is 191 Å². The minimum atomic E-state index is -0.772. The van der Waals surface area contributed by atoms with E-state index in [1.54, 1.807) is 0 Å². The van der Waals surface area contributed by atoms with E-state index in [2.05, 4.69) is 171 Å². The van der Waals surface area contributed by atoms with Crippen molar-refractivity contribution in [2.24, 2.45) is 0 Å². The first-order valence-corrected chi connectivity index (χ1v) is 50.1. The molecular weight excluding hydrogens is 1770 g/mol. The number of aliphatic hydroxyl groups is 1. The summed E-state index contributed by atoms with van der Waals surface area (Å²) in [7, 11) is 0. The summed E-state index contributed by atoms with van der Waals surface area (Å²) in [5, 5.41) is 10.5. The van der Waals surface area contributed by atoms with Crippen LogP contribution in [0.2, 0.25) is 0 Å². The average molecular weight is 1930 g/mol. The third-order valence-electron chi connectivity index (χ3n) is 21.1. The van der Waals surface area contributed by atoms with E-state index in [1.807, 2.05) is 201 Å². The van der Waals surface area contributed by atoms with Crippen LogP contribution in [0.15, 0.2) is 261 Å². The van der Waals surface area contributed by atoms with E-state index in [9.17, 15) is 5.11 Å². The first kappa shape index (κ1) is 113.